The zero-order chi connectivity index (χ0) is 48.0. The Morgan fingerprint density at radius 1 is 0.565 bits per heavy atom. The Hall–Kier alpha value is -9.21. The molecule has 0 atom stereocenters. The fraction of sp³-hybridized carbons (Fsp3) is 0.0556. The lowest BCUT2D eigenvalue weighted by atomic mass is 10.0. The molecule has 11 aromatic rings. The van der Waals surface area contributed by atoms with E-state index < -0.39 is 56.8 Å². The van der Waals surface area contributed by atoms with Crippen molar-refractivity contribution in [2.75, 3.05) is 0 Å². The van der Waals surface area contributed by atoms with Gasteiger partial charge in [0, 0.05) is 65.3 Å². The van der Waals surface area contributed by atoms with Crippen LogP contribution < -0.4 is 0 Å². The minimum absolute atomic E-state index is 0.176. The monoisotopic (exact) mass is 934 g/mol. The number of thiophene rings is 1. The summed E-state index contributed by atoms with van der Waals surface area (Å²) in [4.78, 5) is 15.4. The van der Waals surface area contributed by atoms with Gasteiger partial charge in [0.15, 0.2) is 34.6 Å². The fourth-order valence-corrected chi connectivity index (χ4v) is 10.5. The second kappa shape index (κ2) is 16.0. The SMILES string of the molecule is C=C/C=C\c1oc2ccc(-n3c4c(O)c(O)c(O)c(O)c4c4c(O)c(O)c(O)c(O)c43)cc2c1CCc1nc(-c2cccc3c2sc2ccccc23)nc(-c2cccc3oc(/C=C\C=C)c(C)c23)n1. The maximum Gasteiger partial charge on any atom is 0.206 e. The molecule has 0 aliphatic carbocycles. The number of aryl methyl sites for hydroxylation is 3. The molecule has 0 aliphatic heterocycles. The third-order valence-corrected chi connectivity index (χ3v) is 13.6. The number of aromatic nitrogens is 4. The van der Waals surface area contributed by atoms with Crippen LogP contribution in [0.2, 0.25) is 0 Å². The summed E-state index contributed by atoms with van der Waals surface area (Å²) in [6.45, 7) is 9.63. The lowest BCUT2D eigenvalue weighted by Crippen LogP contribution is -2.05. The minimum Gasteiger partial charge on any atom is -0.504 e. The normalized spacial score (nSPS) is 12.1. The number of allylic oxidation sites excluding steroid dienone is 4. The van der Waals surface area contributed by atoms with Gasteiger partial charge < -0.3 is 54.3 Å². The van der Waals surface area contributed by atoms with Crippen molar-refractivity contribution >= 4 is 87.4 Å². The van der Waals surface area contributed by atoms with Crippen molar-refractivity contribution in [3.8, 4) is 74.5 Å². The quantitative estimate of drug-likeness (QED) is 0.0363. The largest absolute Gasteiger partial charge is 0.504 e. The Bertz CT molecular complexity index is 4000. The summed E-state index contributed by atoms with van der Waals surface area (Å²) < 4.78 is 16.0. The van der Waals surface area contributed by atoms with Crippen molar-refractivity contribution in [1.82, 2.24) is 19.5 Å². The number of hydrogen-bond donors (Lipinski definition) is 8. The van der Waals surface area contributed by atoms with E-state index in [1.165, 1.54) is 4.57 Å². The topological polar surface area (TPSA) is 232 Å². The van der Waals surface area contributed by atoms with Crippen molar-refractivity contribution < 1.29 is 49.7 Å². The Morgan fingerprint density at radius 3 is 1.86 bits per heavy atom. The number of aromatic hydroxyl groups is 8. The Kier molecular flexibility index (Phi) is 9.84. The molecule has 14 nitrogen and oxygen atoms in total. The van der Waals surface area contributed by atoms with Gasteiger partial charge in [-0.3, -0.25) is 0 Å². The van der Waals surface area contributed by atoms with Crippen LogP contribution in [0.4, 0.5) is 0 Å². The zero-order valence-corrected chi connectivity index (χ0v) is 37.2. The van der Waals surface area contributed by atoms with Crippen LogP contribution >= 0.6 is 11.3 Å². The van der Waals surface area contributed by atoms with Crippen molar-refractivity contribution in [1.29, 1.82) is 0 Å². The second-order valence-corrected chi connectivity index (χ2v) is 17.4. The molecule has 5 aromatic heterocycles. The number of hydrogen-bond acceptors (Lipinski definition) is 14. The molecule has 0 bridgehead atoms. The second-order valence-electron chi connectivity index (χ2n) is 16.3. The molecule has 11 rings (SSSR count). The maximum atomic E-state index is 11.3. The van der Waals surface area contributed by atoms with Crippen LogP contribution in [0.15, 0.2) is 125 Å². The third kappa shape index (κ3) is 6.42. The van der Waals surface area contributed by atoms with Gasteiger partial charge in [-0.1, -0.05) is 79.9 Å². The molecule has 0 unspecified atom stereocenters. The molecule has 0 amide bonds. The maximum absolute atomic E-state index is 11.3. The van der Waals surface area contributed by atoms with Gasteiger partial charge >= 0.3 is 0 Å². The first-order valence-corrected chi connectivity index (χ1v) is 22.3. The van der Waals surface area contributed by atoms with E-state index in [0.717, 1.165) is 42.2 Å². The first-order valence-electron chi connectivity index (χ1n) is 21.5. The Labute approximate surface area is 394 Å². The smallest absolute Gasteiger partial charge is 0.206 e. The molecule has 0 aliphatic rings. The molecule has 6 aromatic carbocycles. The summed E-state index contributed by atoms with van der Waals surface area (Å²) in [5, 5.41) is 90.2. The Balaban J connectivity index is 1.11. The number of rotatable bonds is 10. The lowest BCUT2D eigenvalue weighted by Gasteiger charge is -2.12. The highest BCUT2D eigenvalue weighted by atomic mass is 32.1. The molecule has 0 saturated carbocycles. The number of benzene rings is 6. The average molecular weight is 935 g/mol. The molecule has 69 heavy (non-hydrogen) atoms. The lowest BCUT2D eigenvalue weighted by molar-refractivity contribution is 0.350. The molecule has 0 spiro atoms. The van der Waals surface area contributed by atoms with Crippen molar-refractivity contribution in [2.24, 2.45) is 0 Å². The van der Waals surface area contributed by atoms with Gasteiger partial charge in [-0.2, -0.15) is 0 Å². The van der Waals surface area contributed by atoms with Gasteiger partial charge in [0.25, 0.3) is 0 Å². The van der Waals surface area contributed by atoms with Gasteiger partial charge in [0.2, 0.25) is 23.0 Å². The summed E-state index contributed by atoms with van der Waals surface area (Å²) in [6, 6.07) is 24.9. The molecule has 0 saturated heterocycles. The summed E-state index contributed by atoms with van der Waals surface area (Å²) in [7, 11) is 0. The van der Waals surface area contributed by atoms with Crippen molar-refractivity contribution in [3.63, 3.8) is 0 Å². The number of phenolic OH excluding ortho intramolecular Hbond substituents is 8. The van der Waals surface area contributed by atoms with Gasteiger partial charge in [-0.25, -0.2) is 15.0 Å². The summed E-state index contributed by atoms with van der Waals surface area (Å²) >= 11 is 1.66. The highest BCUT2D eigenvalue weighted by Crippen LogP contribution is 2.59. The van der Waals surface area contributed by atoms with E-state index in [0.29, 0.717) is 57.5 Å². The van der Waals surface area contributed by atoms with Gasteiger partial charge in [0.1, 0.15) is 39.5 Å². The minimum atomic E-state index is -1.12. The van der Waals surface area contributed by atoms with E-state index >= 15 is 0 Å². The number of furan rings is 2. The van der Waals surface area contributed by atoms with E-state index in [1.54, 1.807) is 53.8 Å². The number of phenols is 8. The van der Waals surface area contributed by atoms with Crippen LogP contribution in [0, 0.1) is 6.92 Å². The first kappa shape index (κ1) is 42.4. The molecule has 8 N–H and O–H groups in total. The van der Waals surface area contributed by atoms with E-state index in [9.17, 15) is 40.9 Å². The summed E-state index contributed by atoms with van der Waals surface area (Å²) in [6.07, 6.45) is 11.0. The number of nitrogens with zero attached hydrogens (tertiary/aromatic N) is 4. The van der Waals surface area contributed by atoms with E-state index in [-0.39, 0.29) is 23.1 Å². The van der Waals surface area contributed by atoms with Crippen molar-refractivity contribution in [3.05, 3.63) is 145 Å². The highest BCUT2D eigenvalue weighted by Gasteiger charge is 2.32. The molecular formula is C54H38N4O10S. The molecule has 15 heteroatoms. The van der Waals surface area contributed by atoms with Crippen LogP contribution in [-0.4, -0.2) is 60.4 Å². The van der Waals surface area contributed by atoms with Crippen molar-refractivity contribution in [2.45, 2.75) is 19.8 Å². The van der Waals surface area contributed by atoms with Crippen LogP contribution in [0.25, 0.3) is 105 Å². The molecular weight excluding hydrogens is 897 g/mol. The van der Waals surface area contributed by atoms with Crippen LogP contribution in [0.5, 0.6) is 46.0 Å². The zero-order valence-electron chi connectivity index (χ0n) is 36.4. The number of fused-ring (bicyclic) bond motifs is 8. The van der Waals surface area contributed by atoms with Gasteiger partial charge in [-0.15, -0.1) is 11.3 Å². The van der Waals surface area contributed by atoms with Crippen LogP contribution in [-0.2, 0) is 12.8 Å². The fourth-order valence-electron chi connectivity index (χ4n) is 9.25. The van der Waals surface area contributed by atoms with Crippen LogP contribution in [0.3, 0.4) is 0 Å². The Morgan fingerprint density at radius 2 is 1.16 bits per heavy atom. The van der Waals surface area contributed by atoms with Crippen LogP contribution in [0.1, 0.15) is 28.5 Å². The van der Waals surface area contributed by atoms with Gasteiger partial charge in [0.05, 0.1) is 10.8 Å². The van der Waals surface area contributed by atoms with E-state index in [4.69, 9.17) is 23.8 Å². The average Bonchev–Trinajstić information content (AvgIpc) is 4.12. The van der Waals surface area contributed by atoms with E-state index in [2.05, 4.69) is 31.4 Å². The molecule has 0 fully saturated rings. The molecule has 340 valence electrons. The predicted molar refractivity (Wildman–Crippen MR) is 268 cm³/mol. The van der Waals surface area contributed by atoms with Gasteiger partial charge in [-0.05, 0) is 61.9 Å². The molecule has 5 heterocycles. The summed E-state index contributed by atoms with van der Waals surface area (Å²) in [5.74, 6) is -5.72. The first-order chi connectivity index (χ1) is 33.4. The third-order valence-electron chi connectivity index (χ3n) is 12.4. The highest BCUT2D eigenvalue weighted by molar-refractivity contribution is 7.26. The predicted octanol–water partition coefficient (Wildman–Crippen LogP) is 12.3. The standard InChI is InChI=1S/C54H38N4O10S/c1-4-6-16-33-25(3)39-30(14-11-18-36(39)67-33)53-55-38(56-54(57-53)31-15-10-13-29-28-12-8-9-19-37(28)69-52(29)31)23-21-27-32-24-26(20-22-35(32)68-34(27)17-7-5-2)58-42-40(44(59)48(63)50(65)46(42)61)41-43(58)47(62)51(66)49(64)45(41)60/h4-20,22,24,59-66H,1-2,21,23H2,3H3/b16-6-,17-7-. The molecule has 0 radical (unpaired) electrons. The van der Waals surface area contributed by atoms with E-state index in [1.807, 2.05) is 61.5 Å². The summed E-state index contributed by atoms with van der Waals surface area (Å²) in [5.41, 5.74) is 3.69.